The first kappa shape index (κ1) is 15.4. The highest BCUT2D eigenvalue weighted by Crippen LogP contribution is 2.17. The van der Waals surface area contributed by atoms with Crippen molar-refractivity contribution < 1.29 is 16.8 Å². The highest BCUT2D eigenvalue weighted by molar-refractivity contribution is 7.89. The van der Waals surface area contributed by atoms with Gasteiger partial charge in [0.25, 0.3) is 0 Å². The predicted molar refractivity (Wildman–Crippen MR) is 73.0 cm³/mol. The molecular weight excluding hydrogens is 304 g/mol. The van der Waals surface area contributed by atoms with Gasteiger partial charge in [-0.3, -0.25) is 4.68 Å². The summed E-state index contributed by atoms with van der Waals surface area (Å²) in [6, 6.07) is 0. The molecule has 20 heavy (non-hydrogen) atoms. The van der Waals surface area contributed by atoms with Gasteiger partial charge in [0.05, 0.1) is 12.5 Å². The summed E-state index contributed by atoms with van der Waals surface area (Å²) in [5.74, 6) is 0. The molecule has 0 aliphatic carbocycles. The van der Waals surface area contributed by atoms with E-state index in [0.29, 0.717) is 19.5 Å². The molecule has 1 aromatic rings. The maximum absolute atomic E-state index is 12.4. The standard InChI is InChI=1S/C10H18N4O4S2/c1-12-9-10(8-11-12)20(17,18)14-5-3-4-13(6-7-14)19(2,15)16/h8-9H,3-7H2,1-2H3. The van der Waals surface area contributed by atoms with Crippen LogP contribution in [-0.4, -0.2) is 67.7 Å². The number of hydrogen-bond donors (Lipinski definition) is 0. The van der Waals surface area contributed by atoms with Crippen LogP contribution in [0, 0.1) is 0 Å². The second-order valence-electron chi connectivity index (χ2n) is 4.77. The zero-order valence-electron chi connectivity index (χ0n) is 11.4. The van der Waals surface area contributed by atoms with Crippen molar-refractivity contribution >= 4 is 20.0 Å². The highest BCUT2D eigenvalue weighted by atomic mass is 32.2. The Morgan fingerprint density at radius 3 is 2.20 bits per heavy atom. The van der Waals surface area contributed by atoms with Gasteiger partial charge in [0, 0.05) is 39.4 Å². The van der Waals surface area contributed by atoms with Gasteiger partial charge in [-0.15, -0.1) is 0 Å². The molecule has 1 saturated heterocycles. The molecule has 0 amide bonds. The molecule has 10 heteroatoms. The number of hydrogen-bond acceptors (Lipinski definition) is 5. The summed E-state index contributed by atoms with van der Waals surface area (Å²) >= 11 is 0. The van der Waals surface area contributed by atoms with Gasteiger partial charge >= 0.3 is 0 Å². The first-order valence-electron chi connectivity index (χ1n) is 6.15. The number of aromatic nitrogens is 2. The first-order chi connectivity index (χ1) is 9.21. The van der Waals surface area contributed by atoms with Crippen molar-refractivity contribution in [3.8, 4) is 0 Å². The van der Waals surface area contributed by atoms with E-state index in [1.807, 2.05) is 0 Å². The first-order valence-corrected chi connectivity index (χ1v) is 9.44. The summed E-state index contributed by atoms with van der Waals surface area (Å²) in [7, 11) is -5.24. The average molecular weight is 322 g/mol. The van der Waals surface area contributed by atoms with Crippen molar-refractivity contribution in [3.05, 3.63) is 12.4 Å². The molecular formula is C10H18N4O4S2. The Hall–Kier alpha value is -0.970. The van der Waals surface area contributed by atoms with Gasteiger partial charge in [-0.25, -0.2) is 21.1 Å². The summed E-state index contributed by atoms with van der Waals surface area (Å²) in [4.78, 5) is 0.132. The van der Waals surface area contributed by atoms with E-state index in [4.69, 9.17) is 0 Å². The van der Waals surface area contributed by atoms with Crippen molar-refractivity contribution in [2.24, 2.45) is 7.05 Å². The Kier molecular flexibility index (Phi) is 4.19. The number of rotatable bonds is 3. The van der Waals surface area contributed by atoms with E-state index in [-0.39, 0.29) is 18.0 Å². The normalized spacial score (nSPS) is 19.9. The highest BCUT2D eigenvalue weighted by Gasteiger charge is 2.29. The minimum atomic E-state index is -3.60. The third kappa shape index (κ3) is 3.19. The minimum Gasteiger partial charge on any atom is -0.274 e. The lowest BCUT2D eigenvalue weighted by molar-refractivity contribution is 0.406. The summed E-state index contributed by atoms with van der Waals surface area (Å²) in [5, 5.41) is 3.86. The molecule has 0 aromatic carbocycles. The fourth-order valence-corrected chi connectivity index (χ4v) is 4.45. The fraction of sp³-hybridized carbons (Fsp3) is 0.700. The van der Waals surface area contributed by atoms with Gasteiger partial charge in [-0.1, -0.05) is 0 Å². The van der Waals surface area contributed by atoms with Crippen LogP contribution in [0.4, 0.5) is 0 Å². The van der Waals surface area contributed by atoms with Gasteiger partial charge in [0.1, 0.15) is 4.90 Å². The van der Waals surface area contributed by atoms with Crippen molar-refractivity contribution in [1.82, 2.24) is 18.4 Å². The van der Waals surface area contributed by atoms with Gasteiger partial charge in [-0.2, -0.15) is 9.40 Å². The van der Waals surface area contributed by atoms with Gasteiger partial charge in [0.2, 0.25) is 20.0 Å². The molecule has 0 unspecified atom stereocenters. The molecule has 0 saturated carbocycles. The quantitative estimate of drug-likeness (QED) is 0.717. The van der Waals surface area contributed by atoms with Crippen LogP contribution in [0.2, 0.25) is 0 Å². The molecule has 0 spiro atoms. The van der Waals surface area contributed by atoms with Crippen LogP contribution >= 0.6 is 0 Å². The maximum Gasteiger partial charge on any atom is 0.246 e. The summed E-state index contributed by atoms with van der Waals surface area (Å²) < 4.78 is 51.9. The van der Waals surface area contributed by atoms with E-state index in [2.05, 4.69) is 5.10 Å². The number of nitrogens with zero attached hydrogens (tertiary/aromatic N) is 4. The summed E-state index contributed by atoms with van der Waals surface area (Å²) in [6.07, 6.45) is 4.36. The third-order valence-electron chi connectivity index (χ3n) is 3.20. The van der Waals surface area contributed by atoms with E-state index in [0.717, 1.165) is 6.26 Å². The maximum atomic E-state index is 12.4. The zero-order chi connectivity index (χ0) is 15.0. The smallest absolute Gasteiger partial charge is 0.246 e. The van der Waals surface area contributed by atoms with Gasteiger partial charge in [-0.05, 0) is 6.42 Å². The predicted octanol–water partition coefficient (Wildman–Crippen LogP) is -0.924. The topological polar surface area (TPSA) is 92.6 Å². The van der Waals surface area contributed by atoms with Crippen LogP contribution in [-0.2, 0) is 27.1 Å². The lowest BCUT2D eigenvalue weighted by atomic mass is 10.4. The molecule has 0 bridgehead atoms. The average Bonchev–Trinajstić information content (AvgIpc) is 2.63. The zero-order valence-corrected chi connectivity index (χ0v) is 13.1. The van der Waals surface area contributed by atoms with Gasteiger partial charge in [0.15, 0.2) is 0 Å². The van der Waals surface area contributed by atoms with E-state index in [1.54, 1.807) is 7.05 Å². The molecule has 1 aromatic heterocycles. The van der Waals surface area contributed by atoms with E-state index >= 15 is 0 Å². The molecule has 8 nitrogen and oxygen atoms in total. The third-order valence-corrected chi connectivity index (χ3v) is 6.36. The van der Waals surface area contributed by atoms with E-state index in [9.17, 15) is 16.8 Å². The van der Waals surface area contributed by atoms with Crippen LogP contribution < -0.4 is 0 Å². The Balaban J connectivity index is 2.18. The number of aryl methyl sites for hydroxylation is 1. The SMILES string of the molecule is Cn1cc(S(=O)(=O)N2CCCN(S(C)(=O)=O)CC2)cn1. The lowest BCUT2D eigenvalue weighted by Crippen LogP contribution is -2.36. The monoisotopic (exact) mass is 322 g/mol. The molecule has 0 radical (unpaired) electrons. The van der Waals surface area contributed by atoms with Crippen LogP contribution in [0.1, 0.15) is 6.42 Å². The summed E-state index contributed by atoms with van der Waals surface area (Å²) in [5.41, 5.74) is 0. The van der Waals surface area contributed by atoms with E-state index < -0.39 is 20.0 Å². The largest absolute Gasteiger partial charge is 0.274 e. The van der Waals surface area contributed by atoms with Crippen molar-refractivity contribution in [3.63, 3.8) is 0 Å². The van der Waals surface area contributed by atoms with Crippen LogP contribution in [0.3, 0.4) is 0 Å². The molecule has 114 valence electrons. The molecule has 1 aliphatic heterocycles. The minimum absolute atomic E-state index is 0.132. The molecule has 1 fully saturated rings. The number of sulfonamides is 2. The lowest BCUT2D eigenvalue weighted by Gasteiger charge is -2.19. The van der Waals surface area contributed by atoms with Crippen molar-refractivity contribution in [1.29, 1.82) is 0 Å². The summed E-state index contributed by atoms with van der Waals surface area (Å²) in [6.45, 7) is 0.990. The van der Waals surface area contributed by atoms with Crippen LogP contribution in [0.5, 0.6) is 0 Å². The second-order valence-corrected chi connectivity index (χ2v) is 8.69. The molecule has 0 atom stereocenters. The van der Waals surface area contributed by atoms with Crippen LogP contribution in [0.15, 0.2) is 17.3 Å². The van der Waals surface area contributed by atoms with Crippen molar-refractivity contribution in [2.45, 2.75) is 11.3 Å². The fourth-order valence-electron chi connectivity index (χ4n) is 2.12. The van der Waals surface area contributed by atoms with E-state index in [1.165, 1.54) is 25.7 Å². The Morgan fingerprint density at radius 1 is 1.05 bits per heavy atom. The molecule has 2 heterocycles. The molecule has 2 rings (SSSR count). The Bertz CT molecular complexity index is 680. The Morgan fingerprint density at radius 2 is 1.65 bits per heavy atom. The van der Waals surface area contributed by atoms with Gasteiger partial charge < -0.3 is 0 Å². The second kappa shape index (κ2) is 5.43. The molecule has 1 aliphatic rings. The van der Waals surface area contributed by atoms with Crippen LogP contribution in [0.25, 0.3) is 0 Å². The molecule has 0 N–H and O–H groups in total. The Labute approximate surface area is 119 Å². The van der Waals surface area contributed by atoms with Crippen molar-refractivity contribution in [2.75, 3.05) is 32.4 Å².